The molecule has 4 heteroatoms. The molecule has 4 aromatic carbocycles. The summed E-state index contributed by atoms with van der Waals surface area (Å²) in [7, 11) is 0. The van der Waals surface area contributed by atoms with E-state index in [1.165, 1.54) is 12.1 Å². The Bertz CT molecular complexity index is 1310. The molecular formula is C25H15F3O. The van der Waals surface area contributed by atoms with Crippen molar-refractivity contribution in [3.05, 3.63) is 96.6 Å². The molecule has 0 saturated carbocycles. The van der Waals surface area contributed by atoms with Crippen LogP contribution in [0.3, 0.4) is 0 Å². The monoisotopic (exact) mass is 388 g/mol. The predicted octanol–water partition coefficient (Wildman–Crippen LogP) is 7.94. The Labute approximate surface area is 165 Å². The van der Waals surface area contributed by atoms with Gasteiger partial charge in [-0.2, -0.15) is 13.2 Å². The van der Waals surface area contributed by atoms with Gasteiger partial charge >= 0.3 is 6.18 Å². The van der Waals surface area contributed by atoms with E-state index in [1.54, 1.807) is 0 Å². The molecule has 0 unspecified atom stereocenters. The van der Waals surface area contributed by atoms with E-state index in [-0.39, 0.29) is 0 Å². The highest BCUT2D eigenvalue weighted by molar-refractivity contribution is 6.06. The molecule has 5 aromatic rings. The molecule has 0 saturated heterocycles. The van der Waals surface area contributed by atoms with Crippen LogP contribution >= 0.6 is 0 Å². The third-order valence-corrected chi connectivity index (χ3v) is 5.14. The fourth-order valence-electron chi connectivity index (χ4n) is 3.61. The third-order valence-electron chi connectivity index (χ3n) is 5.14. The van der Waals surface area contributed by atoms with E-state index in [2.05, 4.69) is 6.07 Å². The number of fused-ring (bicyclic) bond motifs is 3. The van der Waals surface area contributed by atoms with Crippen molar-refractivity contribution in [2.24, 2.45) is 0 Å². The lowest BCUT2D eigenvalue weighted by atomic mass is 9.98. The lowest BCUT2D eigenvalue weighted by Gasteiger charge is -2.08. The number of hydrogen-bond donors (Lipinski definition) is 0. The molecule has 1 nitrogen and oxygen atoms in total. The number of benzene rings is 4. The Morgan fingerprint density at radius 2 is 1.03 bits per heavy atom. The third kappa shape index (κ3) is 3.17. The van der Waals surface area contributed by atoms with E-state index in [0.717, 1.165) is 56.3 Å². The van der Waals surface area contributed by atoms with Crippen LogP contribution in [-0.2, 0) is 6.18 Å². The summed E-state index contributed by atoms with van der Waals surface area (Å²) < 4.78 is 44.1. The topological polar surface area (TPSA) is 13.1 Å². The summed E-state index contributed by atoms with van der Waals surface area (Å²) in [6.07, 6.45) is -4.32. The first kappa shape index (κ1) is 17.6. The lowest BCUT2D eigenvalue weighted by molar-refractivity contribution is -0.137. The predicted molar refractivity (Wildman–Crippen MR) is 110 cm³/mol. The van der Waals surface area contributed by atoms with E-state index in [1.807, 2.05) is 60.7 Å². The van der Waals surface area contributed by atoms with Crippen molar-refractivity contribution in [3.63, 3.8) is 0 Å². The van der Waals surface area contributed by atoms with Gasteiger partial charge in [-0.3, -0.25) is 0 Å². The van der Waals surface area contributed by atoms with E-state index in [0.29, 0.717) is 0 Å². The van der Waals surface area contributed by atoms with Crippen molar-refractivity contribution in [2.45, 2.75) is 6.18 Å². The highest BCUT2D eigenvalue weighted by Crippen LogP contribution is 2.34. The second-order valence-electron chi connectivity index (χ2n) is 6.96. The minimum absolute atomic E-state index is 0.640. The summed E-state index contributed by atoms with van der Waals surface area (Å²) in [5.41, 5.74) is 4.78. The summed E-state index contributed by atoms with van der Waals surface area (Å²) >= 11 is 0. The molecule has 29 heavy (non-hydrogen) atoms. The van der Waals surface area contributed by atoms with Gasteiger partial charge < -0.3 is 4.42 Å². The Hall–Kier alpha value is -3.53. The fourth-order valence-corrected chi connectivity index (χ4v) is 3.61. The molecule has 1 heterocycles. The van der Waals surface area contributed by atoms with Crippen molar-refractivity contribution in [1.29, 1.82) is 0 Å². The Balaban J connectivity index is 1.49. The van der Waals surface area contributed by atoms with Crippen molar-refractivity contribution in [1.82, 2.24) is 0 Å². The van der Waals surface area contributed by atoms with Gasteiger partial charge in [0.2, 0.25) is 0 Å². The zero-order valence-corrected chi connectivity index (χ0v) is 15.2. The minimum atomic E-state index is -4.32. The molecule has 142 valence electrons. The van der Waals surface area contributed by atoms with Crippen LogP contribution in [0.1, 0.15) is 5.56 Å². The van der Waals surface area contributed by atoms with Gasteiger partial charge in [-0.05, 0) is 52.6 Å². The van der Waals surface area contributed by atoms with Crippen LogP contribution in [0, 0.1) is 0 Å². The molecule has 5 rings (SSSR count). The maximum Gasteiger partial charge on any atom is 0.416 e. The van der Waals surface area contributed by atoms with Crippen molar-refractivity contribution < 1.29 is 17.6 Å². The van der Waals surface area contributed by atoms with Gasteiger partial charge in [0.05, 0.1) is 5.56 Å². The summed E-state index contributed by atoms with van der Waals surface area (Å²) in [5, 5.41) is 2.13. The highest BCUT2D eigenvalue weighted by atomic mass is 19.4. The standard InChI is InChI=1S/C25H15F3O/c26-25(27,28)20-12-9-17(10-13-20)16-5-7-18(8-6-16)19-11-14-24-22(15-19)21-3-1-2-4-23(21)29-24/h1-15H. The van der Waals surface area contributed by atoms with E-state index in [4.69, 9.17) is 4.42 Å². The summed E-state index contributed by atoms with van der Waals surface area (Å²) in [4.78, 5) is 0. The van der Waals surface area contributed by atoms with Gasteiger partial charge in [0, 0.05) is 10.8 Å². The smallest absolute Gasteiger partial charge is 0.416 e. The zero-order chi connectivity index (χ0) is 20.0. The number of para-hydroxylation sites is 1. The van der Waals surface area contributed by atoms with Crippen molar-refractivity contribution >= 4 is 21.9 Å². The highest BCUT2D eigenvalue weighted by Gasteiger charge is 2.29. The van der Waals surface area contributed by atoms with Gasteiger partial charge in [-0.15, -0.1) is 0 Å². The van der Waals surface area contributed by atoms with Crippen molar-refractivity contribution in [3.8, 4) is 22.3 Å². The lowest BCUT2D eigenvalue weighted by Crippen LogP contribution is -2.03. The van der Waals surface area contributed by atoms with Gasteiger partial charge in [-0.1, -0.05) is 60.7 Å². The number of hydrogen-bond acceptors (Lipinski definition) is 1. The first-order valence-corrected chi connectivity index (χ1v) is 9.18. The number of rotatable bonds is 2. The minimum Gasteiger partial charge on any atom is -0.456 e. The second kappa shape index (κ2) is 6.52. The molecular weight excluding hydrogens is 373 g/mol. The second-order valence-corrected chi connectivity index (χ2v) is 6.96. The van der Waals surface area contributed by atoms with Gasteiger partial charge in [0.25, 0.3) is 0 Å². The Morgan fingerprint density at radius 3 is 1.69 bits per heavy atom. The largest absolute Gasteiger partial charge is 0.456 e. The van der Waals surface area contributed by atoms with E-state index >= 15 is 0 Å². The molecule has 0 aliphatic carbocycles. The van der Waals surface area contributed by atoms with Crippen LogP contribution in [0.25, 0.3) is 44.2 Å². The quantitative estimate of drug-likeness (QED) is 0.299. The average molecular weight is 388 g/mol. The summed E-state index contributed by atoms with van der Waals surface area (Å²) in [5.74, 6) is 0. The molecule has 0 bridgehead atoms. The molecule has 0 aliphatic rings. The molecule has 0 spiro atoms. The molecule has 0 aliphatic heterocycles. The molecule has 0 fully saturated rings. The van der Waals surface area contributed by atoms with Gasteiger partial charge in [0.1, 0.15) is 11.2 Å². The van der Waals surface area contributed by atoms with Crippen LogP contribution in [-0.4, -0.2) is 0 Å². The first-order valence-electron chi connectivity index (χ1n) is 9.18. The van der Waals surface area contributed by atoms with E-state index in [9.17, 15) is 13.2 Å². The average Bonchev–Trinajstić information content (AvgIpc) is 3.11. The normalized spacial score (nSPS) is 12.0. The molecule has 0 N–H and O–H groups in total. The summed E-state index contributed by atoms with van der Waals surface area (Å²) in [6.45, 7) is 0. The van der Waals surface area contributed by atoms with Crippen LogP contribution in [0.4, 0.5) is 13.2 Å². The number of alkyl halides is 3. The maximum absolute atomic E-state index is 12.7. The Kier molecular flexibility index (Phi) is 3.95. The Morgan fingerprint density at radius 1 is 0.517 bits per heavy atom. The van der Waals surface area contributed by atoms with E-state index < -0.39 is 11.7 Å². The summed E-state index contributed by atoms with van der Waals surface area (Å²) in [6, 6.07) is 27.1. The zero-order valence-electron chi connectivity index (χ0n) is 15.2. The van der Waals surface area contributed by atoms with Crippen LogP contribution in [0.5, 0.6) is 0 Å². The van der Waals surface area contributed by atoms with Crippen LogP contribution < -0.4 is 0 Å². The molecule has 0 atom stereocenters. The molecule has 0 radical (unpaired) electrons. The van der Waals surface area contributed by atoms with Crippen LogP contribution in [0.15, 0.2) is 95.4 Å². The first-order chi connectivity index (χ1) is 14.0. The SMILES string of the molecule is FC(F)(F)c1ccc(-c2ccc(-c3ccc4oc5ccccc5c4c3)cc2)cc1. The van der Waals surface area contributed by atoms with Crippen molar-refractivity contribution in [2.75, 3.05) is 0 Å². The molecule has 1 aromatic heterocycles. The number of furan rings is 1. The van der Waals surface area contributed by atoms with Crippen LogP contribution in [0.2, 0.25) is 0 Å². The fraction of sp³-hybridized carbons (Fsp3) is 0.0400. The van der Waals surface area contributed by atoms with Gasteiger partial charge in [-0.25, -0.2) is 0 Å². The maximum atomic E-state index is 12.7. The van der Waals surface area contributed by atoms with Gasteiger partial charge in [0.15, 0.2) is 0 Å². The molecule has 0 amide bonds. The number of halogens is 3.